The summed E-state index contributed by atoms with van der Waals surface area (Å²) in [5.41, 5.74) is 0. The van der Waals surface area contributed by atoms with Crippen LogP contribution in [0.2, 0.25) is 47.2 Å². The molecular formula is C15H18FeO2. The Balaban J connectivity index is 1.57. The van der Waals surface area contributed by atoms with Gasteiger partial charge in [-0.05, 0) is 0 Å². The summed E-state index contributed by atoms with van der Waals surface area (Å²) < 4.78 is 6.84. The fourth-order valence-corrected chi connectivity index (χ4v) is 96.0. The zero-order valence-corrected chi connectivity index (χ0v) is 11.8. The van der Waals surface area contributed by atoms with E-state index >= 15 is 0 Å². The van der Waals surface area contributed by atoms with Gasteiger partial charge in [-0.2, -0.15) is 0 Å². The number of hydrogen-bond acceptors (Lipinski definition) is 2. The van der Waals surface area contributed by atoms with Gasteiger partial charge in [0.25, 0.3) is 0 Å². The van der Waals surface area contributed by atoms with E-state index < -0.39 is 6.51 Å². The molecule has 10 aliphatic rings. The average Bonchev–Trinajstić information content (AvgIpc) is 3.31. The van der Waals surface area contributed by atoms with Crippen LogP contribution in [0.3, 0.4) is 0 Å². The first-order valence-corrected chi connectivity index (χ1v) is 14.1. The number of hydrogen-bond donors (Lipinski definition) is 0. The maximum atomic E-state index is 12.9. The van der Waals surface area contributed by atoms with Gasteiger partial charge in [-0.15, -0.1) is 0 Å². The Kier molecular flexibility index (Phi) is 0.227. The average molecular weight is 286 g/mol. The summed E-state index contributed by atoms with van der Waals surface area (Å²) in [7, 11) is 0. The first-order valence-electron chi connectivity index (χ1n) is 7.86. The van der Waals surface area contributed by atoms with Gasteiger partial charge in [-0.25, -0.2) is 0 Å². The number of carbonyl (C=O) groups is 1. The van der Waals surface area contributed by atoms with Crippen LogP contribution in [0.15, 0.2) is 0 Å². The fraction of sp³-hybridized carbons (Fsp3) is 0.933. The van der Waals surface area contributed by atoms with Crippen LogP contribution in [0.25, 0.3) is 0 Å². The topological polar surface area (TPSA) is 26.3 Å². The van der Waals surface area contributed by atoms with Crippen molar-refractivity contribution in [3.8, 4) is 0 Å². The van der Waals surface area contributed by atoms with Crippen molar-refractivity contribution >= 4 is 5.97 Å². The van der Waals surface area contributed by atoms with Crippen LogP contribution in [0.5, 0.6) is 0 Å². The third-order valence-electron chi connectivity index (χ3n) is 16.2. The Morgan fingerprint density at radius 1 is 1.06 bits per heavy atom. The predicted octanol–water partition coefficient (Wildman–Crippen LogP) is 4.09. The first-order chi connectivity index (χ1) is 8.47. The summed E-state index contributed by atoms with van der Waals surface area (Å²) in [6.45, 7) is 1.74. The molecule has 10 rings (SSSR count). The Bertz CT molecular complexity index is 1050. The Labute approximate surface area is 96.1 Å². The van der Waals surface area contributed by atoms with E-state index in [1.807, 2.05) is 6.92 Å². The summed E-state index contributed by atoms with van der Waals surface area (Å²) in [6, 6.07) is 0. The van der Waals surface area contributed by atoms with Crippen LogP contribution >= 0.6 is 0 Å². The molecule has 0 aromatic heterocycles. The van der Waals surface area contributed by atoms with Crippen molar-refractivity contribution in [3.63, 3.8) is 0 Å². The van der Waals surface area contributed by atoms with Gasteiger partial charge in [0.15, 0.2) is 0 Å². The van der Waals surface area contributed by atoms with Crippen LogP contribution in [-0.4, -0.2) is 12.6 Å². The molecular weight excluding hydrogens is 268 g/mol. The summed E-state index contributed by atoms with van der Waals surface area (Å²) in [5, 5.41) is 0. The Hall–Kier alpha value is -0.0105. The molecule has 8 unspecified atom stereocenters. The molecule has 2 nitrogen and oxygen atoms in total. The molecule has 0 amide bonds. The molecule has 0 radical (unpaired) electrons. The van der Waals surface area contributed by atoms with Gasteiger partial charge in [0.05, 0.1) is 0 Å². The molecule has 1 spiro atoms. The molecule has 18 heavy (non-hydrogen) atoms. The summed E-state index contributed by atoms with van der Waals surface area (Å²) in [6.07, 6.45) is 1.46. The number of carbonyl (C=O) groups excluding carboxylic acids is 1. The van der Waals surface area contributed by atoms with Crippen LogP contribution in [0.4, 0.5) is 0 Å². The van der Waals surface area contributed by atoms with Gasteiger partial charge in [0, 0.05) is 0 Å². The molecule has 10 heterocycles. The second-order valence-electron chi connectivity index (χ2n) is 11.0. The van der Waals surface area contributed by atoms with Gasteiger partial charge in [0.2, 0.25) is 0 Å². The van der Waals surface area contributed by atoms with E-state index in [2.05, 4.69) is 6.92 Å². The molecule has 8 atom stereocenters. The van der Waals surface area contributed by atoms with Crippen molar-refractivity contribution in [3.05, 3.63) is 0 Å². The van der Waals surface area contributed by atoms with Crippen LogP contribution in [0, 0.1) is 0 Å². The predicted molar refractivity (Wildman–Crippen MR) is 62.3 cm³/mol. The van der Waals surface area contributed by atoms with E-state index in [4.69, 9.17) is 4.74 Å². The van der Waals surface area contributed by atoms with Crippen molar-refractivity contribution < 1.29 is 16.0 Å². The minimum absolute atomic E-state index is 0.306. The second-order valence-corrected chi connectivity index (χ2v) is 34.3. The maximum absolute atomic E-state index is 12.9. The molecule has 0 aromatic rings. The third kappa shape index (κ3) is 0.0634. The van der Waals surface area contributed by atoms with Crippen LogP contribution in [0.1, 0.15) is 20.3 Å². The van der Waals surface area contributed by atoms with E-state index in [9.17, 15) is 4.79 Å². The van der Waals surface area contributed by atoms with Gasteiger partial charge in [-0.1, -0.05) is 0 Å². The zero-order valence-electron chi connectivity index (χ0n) is 10.7. The molecule has 10 fully saturated rings. The van der Waals surface area contributed by atoms with E-state index in [-0.39, 0.29) is 0 Å². The standard InChI is InChI=1S/C8H9O2.C7H9.Fe/c1-2-10-8(9)7-5-3-4-6-7;1-2-7-5-3-4-6-7;/h3-6H,2H2,1H3;3-6H,2H2,1H3;. The molecule has 0 bridgehead atoms. The van der Waals surface area contributed by atoms with Crippen molar-refractivity contribution in [2.45, 2.75) is 67.4 Å². The number of esters is 1. The van der Waals surface area contributed by atoms with Gasteiger partial charge in [0.1, 0.15) is 0 Å². The van der Waals surface area contributed by atoms with E-state index in [1.54, 1.807) is 0 Å². The van der Waals surface area contributed by atoms with Crippen molar-refractivity contribution in [1.82, 2.24) is 0 Å². The Morgan fingerprint density at radius 3 is 1.94 bits per heavy atom. The normalized spacial score (nSPS) is 117. The van der Waals surface area contributed by atoms with Crippen molar-refractivity contribution in [1.29, 1.82) is 0 Å². The summed E-state index contributed by atoms with van der Waals surface area (Å²) >= 11 is 0. The number of fused-ring (bicyclic) bond motifs is 10. The number of rotatable bonds is 3. The summed E-state index contributed by atoms with van der Waals surface area (Å²) in [5.74, 6) is 0.351. The minimum atomic E-state index is -3.35. The quantitative estimate of drug-likeness (QED) is 0.577. The van der Waals surface area contributed by atoms with Crippen molar-refractivity contribution in [2.75, 3.05) is 6.61 Å². The SMILES string of the molecule is CCOC(=O)[C]12[CH]3[CH]4[CH]5[CH]1[Fe]45321678[CH]2[CH]1[CH]6[C]7(CC)[CH]28. The molecule has 3 heteroatoms. The molecule has 10 aliphatic heterocycles. The molecule has 0 N–H and O–H groups in total. The van der Waals surface area contributed by atoms with Crippen LogP contribution < -0.4 is 0 Å². The van der Waals surface area contributed by atoms with Gasteiger partial charge >= 0.3 is 96.0 Å². The molecule has 0 aliphatic carbocycles. The van der Waals surface area contributed by atoms with Gasteiger partial charge < -0.3 is 0 Å². The molecule has 10 saturated heterocycles. The molecule has 0 aromatic carbocycles. The van der Waals surface area contributed by atoms with Crippen LogP contribution in [-0.2, 0) is 16.0 Å². The van der Waals surface area contributed by atoms with E-state index in [0.717, 1.165) is 13.9 Å². The monoisotopic (exact) mass is 286 g/mol. The zero-order chi connectivity index (χ0) is 11.6. The van der Waals surface area contributed by atoms with E-state index in [0.29, 0.717) is 16.9 Å². The summed E-state index contributed by atoms with van der Waals surface area (Å²) in [4.78, 5) is 22.2. The molecule has 0 saturated carbocycles. The Morgan fingerprint density at radius 2 is 1.61 bits per heavy atom. The molecule has 98 valence electrons. The number of ether oxygens (including phenoxy) is 1. The van der Waals surface area contributed by atoms with Gasteiger partial charge in [-0.3, -0.25) is 0 Å². The second kappa shape index (κ2) is 0.574. The fourth-order valence-electron chi connectivity index (χ4n) is 18.8. The van der Waals surface area contributed by atoms with Crippen molar-refractivity contribution in [2.24, 2.45) is 0 Å². The van der Waals surface area contributed by atoms with E-state index in [1.165, 1.54) is 35.3 Å². The third-order valence-corrected chi connectivity index (χ3v) is 59.7. The first kappa shape index (κ1) is 7.13.